The maximum absolute atomic E-state index is 11.7. The molecule has 27 heavy (non-hydrogen) atoms. The second-order valence-electron chi connectivity index (χ2n) is 5.55. The summed E-state index contributed by atoms with van der Waals surface area (Å²) in [5.41, 5.74) is 2.85. The fourth-order valence-corrected chi connectivity index (χ4v) is 2.43. The monoisotopic (exact) mass is 361 g/mol. The first kappa shape index (κ1) is 18.1. The summed E-state index contributed by atoms with van der Waals surface area (Å²) in [5, 5.41) is 6.33. The molecule has 0 unspecified atom stereocenters. The molecule has 136 valence electrons. The third kappa shape index (κ3) is 4.49. The maximum Gasteiger partial charge on any atom is 0.337 e. The van der Waals surface area contributed by atoms with Crippen LogP contribution in [0.5, 0.6) is 5.75 Å². The van der Waals surface area contributed by atoms with Crippen molar-refractivity contribution < 1.29 is 14.3 Å². The lowest BCUT2D eigenvalue weighted by Crippen LogP contribution is -2.10. The van der Waals surface area contributed by atoms with Crippen molar-refractivity contribution in [3.63, 3.8) is 0 Å². The third-order valence-corrected chi connectivity index (χ3v) is 3.84. The SMILES string of the molecule is COC(=O)c1ccc(N(/N=C/c2ccccn2)c2ccc(OC)cc2)cc1. The largest absolute Gasteiger partial charge is 0.497 e. The molecule has 2 aromatic carbocycles. The van der Waals surface area contributed by atoms with Crippen LogP contribution in [0.15, 0.2) is 78.0 Å². The molecule has 6 nitrogen and oxygen atoms in total. The van der Waals surface area contributed by atoms with Crippen LogP contribution < -0.4 is 9.75 Å². The smallest absolute Gasteiger partial charge is 0.337 e. The van der Waals surface area contributed by atoms with Crippen LogP contribution >= 0.6 is 0 Å². The minimum atomic E-state index is -0.380. The summed E-state index contributed by atoms with van der Waals surface area (Å²) in [6.07, 6.45) is 3.39. The van der Waals surface area contributed by atoms with Crippen LogP contribution in [-0.2, 0) is 4.74 Å². The highest BCUT2D eigenvalue weighted by Crippen LogP contribution is 2.28. The van der Waals surface area contributed by atoms with Crippen molar-refractivity contribution in [1.82, 2.24) is 4.98 Å². The normalized spacial score (nSPS) is 10.6. The van der Waals surface area contributed by atoms with Gasteiger partial charge in [0.05, 0.1) is 43.1 Å². The molecule has 1 aromatic heterocycles. The molecule has 0 radical (unpaired) electrons. The first-order valence-corrected chi connectivity index (χ1v) is 8.29. The van der Waals surface area contributed by atoms with E-state index in [0.29, 0.717) is 5.56 Å². The number of hydrogen-bond donors (Lipinski definition) is 0. The molecule has 0 saturated carbocycles. The van der Waals surface area contributed by atoms with Gasteiger partial charge in [0.2, 0.25) is 0 Å². The predicted molar refractivity (Wildman–Crippen MR) is 105 cm³/mol. The molecule has 3 rings (SSSR count). The number of nitrogens with zero attached hydrogens (tertiary/aromatic N) is 3. The highest BCUT2D eigenvalue weighted by atomic mass is 16.5. The van der Waals surface area contributed by atoms with Crippen LogP contribution in [0, 0.1) is 0 Å². The van der Waals surface area contributed by atoms with Crippen molar-refractivity contribution in [2.45, 2.75) is 0 Å². The van der Waals surface area contributed by atoms with Crippen LogP contribution in [0.25, 0.3) is 0 Å². The van der Waals surface area contributed by atoms with Gasteiger partial charge in [0.25, 0.3) is 0 Å². The van der Waals surface area contributed by atoms with E-state index in [-0.39, 0.29) is 5.97 Å². The van der Waals surface area contributed by atoms with E-state index in [1.54, 1.807) is 36.7 Å². The van der Waals surface area contributed by atoms with Gasteiger partial charge in [0, 0.05) is 6.20 Å². The van der Waals surface area contributed by atoms with Gasteiger partial charge in [-0.1, -0.05) is 6.07 Å². The molecule has 0 amide bonds. The minimum Gasteiger partial charge on any atom is -0.497 e. The summed E-state index contributed by atoms with van der Waals surface area (Å²) in [6.45, 7) is 0. The number of hydrazone groups is 1. The van der Waals surface area contributed by atoms with Crippen LogP contribution in [0.4, 0.5) is 11.4 Å². The highest BCUT2D eigenvalue weighted by Gasteiger charge is 2.11. The number of pyridine rings is 1. The second-order valence-corrected chi connectivity index (χ2v) is 5.55. The van der Waals surface area contributed by atoms with Crippen LogP contribution in [0.1, 0.15) is 16.1 Å². The van der Waals surface area contributed by atoms with Crippen LogP contribution in [0.2, 0.25) is 0 Å². The molecule has 0 saturated heterocycles. The molecular weight excluding hydrogens is 342 g/mol. The molecule has 0 aliphatic carbocycles. The molecule has 0 bridgehead atoms. The van der Waals surface area contributed by atoms with E-state index in [2.05, 4.69) is 10.1 Å². The van der Waals surface area contributed by atoms with Crippen molar-refractivity contribution in [2.75, 3.05) is 19.2 Å². The number of aromatic nitrogens is 1. The lowest BCUT2D eigenvalue weighted by atomic mass is 10.2. The molecule has 6 heteroatoms. The summed E-state index contributed by atoms with van der Waals surface area (Å²) in [5.74, 6) is 0.378. The average Bonchev–Trinajstić information content (AvgIpc) is 2.75. The van der Waals surface area contributed by atoms with Gasteiger partial charge in [-0.2, -0.15) is 5.10 Å². The van der Waals surface area contributed by atoms with Crippen molar-refractivity contribution in [3.05, 3.63) is 84.2 Å². The Morgan fingerprint density at radius 1 is 0.963 bits per heavy atom. The first-order chi connectivity index (χ1) is 13.2. The van der Waals surface area contributed by atoms with Gasteiger partial charge in [0.15, 0.2) is 0 Å². The lowest BCUT2D eigenvalue weighted by Gasteiger charge is -2.19. The number of carbonyl (C=O) groups excluding carboxylic acids is 1. The molecule has 3 aromatic rings. The van der Waals surface area contributed by atoms with Crippen LogP contribution in [-0.4, -0.2) is 31.4 Å². The zero-order chi connectivity index (χ0) is 19.1. The molecule has 0 N–H and O–H groups in total. The van der Waals surface area contributed by atoms with Gasteiger partial charge < -0.3 is 9.47 Å². The predicted octanol–water partition coefficient (Wildman–Crippen LogP) is 4.05. The standard InChI is InChI=1S/C21H19N3O3/c1-26-20-12-10-19(11-13-20)24(23-15-17-5-3-4-14-22-17)18-8-6-16(7-9-18)21(25)27-2/h3-15H,1-2H3/b23-15+. The van der Waals surface area contributed by atoms with E-state index in [1.165, 1.54) is 7.11 Å². The highest BCUT2D eigenvalue weighted by molar-refractivity contribution is 5.90. The van der Waals surface area contributed by atoms with E-state index in [0.717, 1.165) is 22.8 Å². The molecule has 0 fully saturated rings. The number of esters is 1. The molecule has 1 heterocycles. The van der Waals surface area contributed by atoms with E-state index >= 15 is 0 Å². The summed E-state index contributed by atoms with van der Waals surface area (Å²) < 4.78 is 9.97. The Bertz CT molecular complexity index is 908. The van der Waals surface area contributed by atoms with Gasteiger partial charge in [-0.15, -0.1) is 0 Å². The molecule has 0 atom stereocenters. The van der Waals surface area contributed by atoms with Gasteiger partial charge in [-0.25, -0.2) is 9.80 Å². The Kier molecular flexibility index (Phi) is 5.79. The Hall–Kier alpha value is -3.67. The summed E-state index contributed by atoms with van der Waals surface area (Å²) in [7, 11) is 2.98. The van der Waals surface area contributed by atoms with Crippen molar-refractivity contribution in [3.8, 4) is 5.75 Å². The number of benzene rings is 2. The number of methoxy groups -OCH3 is 2. The van der Waals surface area contributed by atoms with Crippen molar-refractivity contribution >= 4 is 23.6 Å². The summed E-state index contributed by atoms with van der Waals surface area (Å²) in [6, 6.07) is 20.2. The number of ether oxygens (including phenoxy) is 2. The fourth-order valence-electron chi connectivity index (χ4n) is 2.43. The minimum absolute atomic E-state index is 0.380. The number of carbonyl (C=O) groups is 1. The lowest BCUT2D eigenvalue weighted by molar-refractivity contribution is 0.0601. The van der Waals surface area contributed by atoms with Gasteiger partial charge in [-0.05, 0) is 60.7 Å². The second kappa shape index (κ2) is 8.62. The molecular formula is C21H19N3O3. The number of anilines is 2. The Balaban J connectivity index is 1.95. The number of rotatable bonds is 6. The zero-order valence-corrected chi connectivity index (χ0v) is 15.1. The molecule has 0 aliphatic rings. The quantitative estimate of drug-likeness (QED) is 0.376. The topological polar surface area (TPSA) is 64.0 Å². The van der Waals surface area contributed by atoms with Crippen LogP contribution in [0.3, 0.4) is 0 Å². The number of hydrogen-bond acceptors (Lipinski definition) is 6. The average molecular weight is 361 g/mol. The zero-order valence-electron chi connectivity index (χ0n) is 15.1. The Labute approximate surface area is 157 Å². The van der Waals surface area contributed by atoms with Gasteiger partial charge >= 0.3 is 5.97 Å². The van der Waals surface area contributed by atoms with E-state index in [4.69, 9.17) is 9.47 Å². The van der Waals surface area contributed by atoms with Gasteiger partial charge in [0.1, 0.15) is 5.75 Å². The van der Waals surface area contributed by atoms with E-state index in [1.807, 2.05) is 54.6 Å². The Morgan fingerprint density at radius 2 is 1.63 bits per heavy atom. The van der Waals surface area contributed by atoms with Gasteiger partial charge in [-0.3, -0.25) is 4.98 Å². The summed E-state index contributed by atoms with van der Waals surface area (Å²) in [4.78, 5) is 15.9. The van der Waals surface area contributed by atoms with E-state index < -0.39 is 0 Å². The fraction of sp³-hybridized carbons (Fsp3) is 0.0952. The molecule has 0 spiro atoms. The molecule has 0 aliphatic heterocycles. The maximum atomic E-state index is 11.7. The summed E-state index contributed by atoms with van der Waals surface area (Å²) >= 11 is 0. The van der Waals surface area contributed by atoms with Crippen molar-refractivity contribution in [2.24, 2.45) is 5.10 Å². The Morgan fingerprint density at radius 3 is 2.19 bits per heavy atom. The first-order valence-electron chi connectivity index (χ1n) is 8.29. The third-order valence-electron chi connectivity index (χ3n) is 3.84. The van der Waals surface area contributed by atoms with E-state index in [9.17, 15) is 4.79 Å². The van der Waals surface area contributed by atoms with Crippen molar-refractivity contribution in [1.29, 1.82) is 0 Å².